The molecule has 4 nitrogen and oxygen atoms in total. The van der Waals surface area contributed by atoms with E-state index >= 15 is 0 Å². The fourth-order valence-corrected chi connectivity index (χ4v) is 3.05. The fourth-order valence-electron chi connectivity index (χ4n) is 1.58. The maximum atomic E-state index is 5.45. The maximum absolute atomic E-state index is 5.45. The lowest BCUT2D eigenvalue weighted by atomic mass is 10.2. The van der Waals surface area contributed by atoms with E-state index in [1.807, 2.05) is 10.8 Å². The van der Waals surface area contributed by atoms with E-state index in [-0.39, 0.29) is 0 Å². The highest BCUT2D eigenvalue weighted by molar-refractivity contribution is 9.10. The molecule has 0 aliphatic heterocycles. The van der Waals surface area contributed by atoms with Crippen molar-refractivity contribution in [2.45, 2.75) is 13.3 Å². The fraction of sp³-hybridized carbons (Fsp3) is 0.333. The van der Waals surface area contributed by atoms with Gasteiger partial charge in [0.25, 0.3) is 0 Å². The molecule has 0 saturated heterocycles. The molecule has 0 fully saturated rings. The molecule has 0 saturated carbocycles. The number of thiophene rings is 1. The predicted octanol–water partition coefficient (Wildman–Crippen LogP) is 3.80. The molecule has 96 valence electrons. The van der Waals surface area contributed by atoms with Crippen LogP contribution in [0.3, 0.4) is 0 Å². The smallest absolute Gasteiger partial charge is 0.187 e. The largest absolute Gasteiger partial charge is 0.491 e. The number of hydrogen-bond acceptors (Lipinski definition) is 5. The minimum absolute atomic E-state index is 0.685. The molecule has 0 unspecified atom stereocenters. The summed E-state index contributed by atoms with van der Waals surface area (Å²) < 4.78 is 6.47. The van der Waals surface area contributed by atoms with E-state index in [1.54, 1.807) is 24.8 Å². The molecule has 0 aromatic carbocycles. The molecule has 0 aliphatic carbocycles. The summed E-state index contributed by atoms with van der Waals surface area (Å²) in [6, 6.07) is 0. The van der Waals surface area contributed by atoms with Crippen LogP contribution in [0.15, 0.2) is 21.6 Å². The second kappa shape index (κ2) is 6.15. The van der Waals surface area contributed by atoms with Gasteiger partial charge in [0.05, 0.1) is 7.11 Å². The summed E-state index contributed by atoms with van der Waals surface area (Å²) >= 11 is 5.14. The average Bonchev–Trinajstić information content (AvgIpc) is 2.81. The Hall–Kier alpha value is -1.14. The van der Waals surface area contributed by atoms with E-state index in [1.165, 1.54) is 0 Å². The van der Waals surface area contributed by atoms with Crippen molar-refractivity contribution in [3.05, 3.63) is 21.6 Å². The van der Waals surface area contributed by atoms with Crippen LogP contribution in [0.1, 0.15) is 13.3 Å². The first kappa shape index (κ1) is 13.3. The van der Waals surface area contributed by atoms with E-state index in [2.05, 4.69) is 38.1 Å². The number of ether oxygens (including phenoxy) is 1. The molecule has 1 N–H and O–H groups in total. The molecule has 0 aliphatic rings. The monoisotopic (exact) mass is 327 g/mol. The first-order valence-corrected chi connectivity index (χ1v) is 7.36. The first-order chi connectivity index (χ1) is 8.77. The second-order valence-electron chi connectivity index (χ2n) is 3.66. The summed E-state index contributed by atoms with van der Waals surface area (Å²) in [5.41, 5.74) is 1.83. The Labute approximate surface area is 119 Å². The Morgan fingerprint density at radius 3 is 2.83 bits per heavy atom. The number of hydrogen-bond donors (Lipinski definition) is 1. The van der Waals surface area contributed by atoms with Crippen molar-refractivity contribution in [2.75, 3.05) is 19.0 Å². The zero-order chi connectivity index (χ0) is 13.0. The Morgan fingerprint density at radius 2 is 2.22 bits per heavy atom. The zero-order valence-corrected chi connectivity index (χ0v) is 12.6. The van der Waals surface area contributed by atoms with E-state index < -0.39 is 0 Å². The van der Waals surface area contributed by atoms with Gasteiger partial charge < -0.3 is 10.1 Å². The SMILES string of the molecule is CCCNc1ncnc(-c2cscc2Br)c1OC. The molecule has 18 heavy (non-hydrogen) atoms. The van der Waals surface area contributed by atoms with E-state index in [0.29, 0.717) is 5.75 Å². The molecule has 2 aromatic heterocycles. The Balaban J connectivity index is 2.45. The van der Waals surface area contributed by atoms with Crippen molar-refractivity contribution in [2.24, 2.45) is 0 Å². The van der Waals surface area contributed by atoms with E-state index in [0.717, 1.165) is 34.5 Å². The topological polar surface area (TPSA) is 47.0 Å². The number of nitrogens with one attached hydrogen (secondary N) is 1. The number of halogens is 1. The number of nitrogens with zero attached hydrogens (tertiary/aromatic N) is 2. The summed E-state index contributed by atoms with van der Waals surface area (Å²) in [4.78, 5) is 8.55. The summed E-state index contributed by atoms with van der Waals surface area (Å²) in [5.74, 6) is 1.42. The Morgan fingerprint density at radius 1 is 1.39 bits per heavy atom. The number of aromatic nitrogens is 2. The molecular formula is C12H14BrN3OS. The van der Waals surface area contributed by atoms with Crippen LogP contribution >= 0.6 is 27.3 Å². The quantitative estimate of drug-likeness (QED) is 0.907. The van der Waals surface area contributed by atoms with Crippen LogP contribution in [0.5, 0.6) is 5.75 Å². The molecule has 0 amide bonds. The van der Waals surface area contributed by atoms with Gasteiger partial charge in [0.1, 0.15) is 12.0 Å². The molecule has 0 radical (unpaired) electrons. The number of methoxy groups -OCH3 is 1. The van der Waals surface area contributed by atoms with E-state index in [9.17, 15) is 0 Å². The van der Waals surface area contributed by atoms with Gasteiger partial charge in [0.2, 0.25) is 0 Å². The zero-order valence-electron chi connectivity index (χ0n) is 10.2. The molecule has 0 bridgehead atoms. The standard InChI is InChI=1S/C12H14BrN3OS/c1-3-4-14-12-11(17-2)10(15-7-16-12)8-5-18-6-9(8)13/h5-7H,3-4H2,1-2H3,(H,14,15,16). The van der Waals surface area contributed by atoms with Gasteiger partial charge in [0.15, 0.2) is 11.6 Å². The molecule has 0 spiro atoms. The van der Waals surface area contributed by atoms with Crippen LogP contribution < -0.4 is 10.1 Å². The number of anilines is 1. The minimum Gasteiger partial charge on any atom is -0.491 e. The van der Waals surface area contributed by atoms with Gasteiger partial charge in [-0.05, 0) is 22.4 Å². The predicted molar refractivity (Wildman–Crippen MR) is 78.4 cm³/mol. The molecule has 2 heterocycles. The van der Waals surface area contributed by atoms with Gasteiger partial charge in [-0.15, -0.1) is 0 Å². The first-order valence-electron chi connectivity index (χ1n) is 5.62. The van der Waals surface area contributed by atoms with E-state index in [4.69, 9.17) is 4.74 Å². The number of rotatable bonds is 5. The van der Waals surface area contributed by atoms with Gasteiger partial charge in [0, 0.05) is 27.3 Å². The lowest BCUT2D eigenvalue weighted by molar-refractivity contribution is 0.414. The molecule has 6 heteroatoms. The van der Waals surface area contributed by atoms with Crippen LogP contribution in [-0.4, -0.2) is 23.6 Å². The van der Waals surface area contributed by atoms with Gasteiger partial charge in [-0.1, -0.05) is 6.92 Å². The Bertz CT molecular complexity index is 530. The van der Waals surface area contributed by atoms with Crippen molar-refractivity contribution in [3.63, 3.8) is 0 Å². The summed E-state index contributed by atoms with van der Waals surface area (Å²) in [6.07, 6.45) is 2.59. The summed E-state index contributed by atoms with van der Waals surface area (Å²) in [7, 11) is 1.64. The minimum atomic E-state index is 0.685. The van der Waals surface area contributed by atoms with Crippen molar-refractivity contribution in [1.29, 1.82) is 0 Å². The molecule has 0 atom stereocenters. The van der Waals surface area contributed by atoms with Crippen molar-refractivity contribution >= 4 is 33.1 Å². The second-order valence-corrected chi connectivity index (χ2v) is 5.26. The summed E-state index contributed by atoms with van der Waals surface area (Å²) in [6.45, 7) is 2.97. The van der Waals surface area contributed by atoms with Crippen LogP contribution in [-0.2, 0) is 0 Å². The van der Waals surface area contributed by atoms with Crippen LogP contribution in [0.2, 0.25) is 0 Å². The average molecular weight is 328 g/mol. The van der Waals surface area contributed by atoms with Crippen LogP contribution in [0.4, 0.5) is 5.82 Å². The third-order valence-electron chi connectivity index (χ3n) is 2.42. The third kappa shape index (κ3) is 2.64. The molecule has 2 aromatic rings. The highest BCUT2D eigenvalue weighted by Gasteiger charge is 2.16. The lowest BCUT2D eigenvalue weighted by Gasteiger charge is -2.12. The van der Waals surface area contributed by atoms with Gasteiger partial charge in [-0.25, -0.2) is 9.97 Å². The lowest BCUT2D eigenvalue weighted by Crippen LogP contribution is -2.05. The maximum Gasteiger partial charge on any atom is 0.187 e. The van der Waals surface area contributed by atoms with Gasteiger partial charge >= 0.3 is 0 Å². The van der Waals surface area contributed by atoms with Crippen molar-refractivity contribution in [3.8, 4) is 17.0 Å². The highest BCUT2D eigenvalue weighted by Crippen LogP contribution is 2.38. The van der Waals surface area contributed by atoms with Gasteiger partial charge in [-0.3, -0.25) is 0 Å². The van der Waals surface area contributed by atoms with Gasteiger partial charge in [-0.2, -0.15) is 11.3 Å². The third-order valence-corrected chi connectivity index (χ3v) is 4.12. The normalized spacial score (nSPS) is 10.4. The Kier molecular flexibility index (Phi) is 4.54. The highest BCUT2D eigenvalue weighted by atomic mass is 79.9. The molecule has 2 rings (SSSR count). The van der Waals surface area contributed by atoms with Crippen LogP contribution in [0, 0.1) is 0 Å². The van der Waals surface area contributed by atoms with Crippen LogP contribution in [0.25, 0.3) is 11.3 Å². The van der Waals surface area contributed by atoms with Crippen molar-refractivity contribution < 1.29 is 4.74 Å². The molecular weight excluding hydrogens is 314 g/mol. The summed E-state index contributed by atoms with van der Waals surface area (Å²) in [5, 5.41) is 7.31. The van der Waals surface area contributed by atoms with Crippen molar-refractivity contribution in [1.82, 2.24) is 9.97 Å².